The summed E-state index contributed by atoms with van der Waals surface area (Å²) in [6, 6.07) is 6.45. The van der Waals surface area contributed by atoms with Crippen molar-refractivity contribution in [1.82, 2.24) is 10.0 Å². The highest BCUT2D eigenvalue weighted by Gasteiger charge is 2.15. The van der Waals surface area contributed by atoms with Crippen molar-refractivity contribution in [1.29, 1.82) is 0 Å². The Labute approximate surface area is 122 Å². The lowest BCUT2D eigenvalue weighted by molar-refractivity contribution is -0.120. The van der Waals surface area contributed by atoms with Crippen LogP contribution in [0.2, 0.25) is 0 Å². The summed E-state index contributed by atoms with van der Waals surface area (Å²) in [5.41, 5.74) is 0.983. The largest absolute Gasteiger partial charge is 0.353 e. The molecule has 5 nitrogen and oxygen atoms in total. The van der Waals surface area contributed by atoms with Gasteiger partial charge in [-0.05, 0) is 31.5 Å². The maximum atomic E-state index is 11.9. The van der Waals surface area contributed by atoms with Crippen LogP contribution in [0.25, 0.3) is 0 Å². The summed E-state index contributed by atoms with van der Waals surface area (Å²) in [4.78, 5) is 11.5. The zero-order chi connectivity index (χ0) is 14.5. The van der Waals surface area contributed by atoms with Crippen molar-refractivity contribution >= 4 is 31.9 Å². The van der Waals surface area contributed by atoms with Crippen molar-refractivity contribution in [2.24, 2.45) is 0 Å². The minimum atomic E-state index is -3.64. The molecule has 1 aromatic rings. The van der Waals surface area contributed by atoms with Gasteiger partial charge in [0.25, 0.3) is 0 Å². The standard InChI is InChI=1S/C12H17BrN2O3S/c1-9(2)15-12(16)8-14-19(17,18)11-5-3-10(7-13)4-6-11/h3-6,9,14H,7-8H2,1-2H3,(H,15,16). The van der Waals surface area contributed by atoms with Crippen molar-refractivity contribution < 1.29 is 13.2 Å². The number of nitrogens with one attached hydrogen (secondary N) is 2. The number of rotatable bonds is 6. The molecular formula is C12H17BrN2O3S. The van der Waals surface area contributed by atoms with E-state index in [-0.39, 0.29) is 23.4 Å². The van der Waals surface area contributed by atoms with Crippen LogP contribution < -0.4 is 10.0 Å². The molecule has 7 heteroatoms. The molecule has 0 aliphatic carbocycles. The van der Waals surface area contributed by atoms with Crippen LogP contribution in [-0.4, -0.2) is 26.9 Å². The number of halogens is 1. The molecule has 0 aliphatic heterocycles. The monoisotopic (exact) mass is 348 g/mol. The van der Waals surface area contributed by atoms with E-state index in [0.29, 0.717) is 5.33 Å². The maximum Gasteiger partial charge on any atom is 0.241 e. The van der Waals surface area contributed by atoms with E-state index in [0.717, 1.165) is 5.56 Å². The molecule has 0 saturated carbocycles. The molecule has 0 fully saturated rings. The summed E-state index contributed by atoms with van der Waals surface area (Å²) in [5.74, 6) is -0.351. The van der Waals surface area contributed by atoms with Crippen LogP contribution in [0.3, 0.4) is 0 Å². The predicted molar refractivity (Wildman–Crippen MR) is 77.5 cm³/mol. The highest BCUT2D eigenvalue weighted by Crippen LogP contribution is 2.12. The summed E-state index contributed by atoms with van der Waals surface area (Å²) in [7, 11) is -3.64. The molecule has 1 amide bonds. The fourth-order valence-electron chi connectivity index (χ4n) is 1.37. The third kappa shape index (κ3) is 5.30. The van der Waals surface area contributed by atoms with Gasteiger partial charge < -0.3 is 5.32 Å². The van der Waals surface area contributed by atoms with Crippen LogP contribution in [0.15, 0.2) is 29.2 Å². The van der Waals surface area contributed by atoms with E-state index < -0.39 is 10.0 Å². The van der Waals surface area contributed by atoms with Crippen LogP contribution in [0.1, 0.15) is 19.4 Å². The van der Waals surface area contributed by atoms with E-state index in [1.54, 1.807) is 12.1 Å². The Morgan fingerprint density at radius 2 is 1.84 bits per heavy atom. The van der Waals surface area contributed by atoms with E-state index in [1.807, 2.05) is 13.8 Å². The van der Waals surface area contributed by atoms with Gasteiger partial charge in [-0.3, -0.25) is 4.79 Å². The number of hydrogen-bond donors (Lipinski definition) is 2. The molecule has 2 N–H and O–H groups in total. The molecule has 0 aliphatic rings. The second kappa shape index (κ2) is 7.02. The molecule has 0 spiro atoms. The molecule has 0 bridgehead atoms. The first-order valence-corrected chi connectivity index (χ1v) is 8.39. The second-order valence-corrected chi connectivity index (χ2v) is 6.65. The van der Waals surface area contributed by atoms with Crippen LogP contribution in [0, 0.1) is 0 Å². The van der Waals surface area contributed by atoms with E-state index >= 15 is 0 Å². The Balaban J connectivity index is 2.67. The van der Waals surface area contributed by atoms with Crippen molar-refractivity contribution in [2.75, 3.05) is 6.54 Å². The zero-order valence-electron chi connectivity index (χ0n) is 10.8. The number of benzene rings is 1. The van der Waals surface area contributed by atoms with Crippen LogP contribution in [0.4, 0.5) is 0 Å². The molecule has 0 aromatic heterocycles. The normalized spacial score (nSPS) is 11.6. The molecular weight excluding hydrogens is 332 g/mol. The predicted octanol–water partition coefficient (Wildman–Crippen LogP) is 1.38. The Morgan fingerprint density at radius 3 is 2.32 bits per heavy atom. The van der Waals surface area contributed by atoms with Gasteiger partial charge in [0.2, 0.25) is 15.9 Å². The molecule has 19 heavy (non-hydrogen) atoms. The SMILES string of the molecule is CC(C)NC(=O)CNS(=O)(=O)c1ccc(CBr)cc1. The summed E-state index contributed by atoms with van der Waals surface area (Å²) >= 11 is 3.29. The first-order valence-electron chi connectivity index (χ1n) is 5.79. The van der Waals surface area contributed by atoms with Crippen LogP contribution in [0.5, 0.6) is 0 Å². The minimum Gasteiger partial charge on any atom is -0.353 e. The van der Waals surface area contributed by atoms with Crippen LogP contribution >= 0.6 is 15.9 Å². The lowest BCUT2D eigenvalue weighted by Gasteiger charge is -2.10. The first kappa shape index (κ1) is 16.1. The van der Waals surface area contributed by atoms with Crippen molar-refractivity contribution in [3.8, 4) is 0 Å². The van der Waals surface area contributed by atoms with Gasteiger partial charge >= 0.3 is 0 Å². The van der Waals surface area contributed by atoms with Gasteiger partial charge in [-0.25, -0.2) is 13.1 Å². The summed E-state index contributed by atoms with van der Waals surface area (Å²) in [5, 5.41) is 3.28. The fourth-order valence-corrected chi connectivity index (χ4v) is 2.73. The Kier molecular flexibility index (Phi) is 5.96. The van der Waals surface area contributed by atoms with Gasteiger partial charge in [0.05, 0.1) is 11.4 Å². The molecule has 0 unspecified atom stereocenters. The fraction of sp³-hybridized carbons (Fsp3) is 0.417. The van der Waals surface area contributed by atoms with Gasteiger partial charge in [-0.1, -0.05) is 28.1 Å². The Bertz CT molecular complexity index is 526. The molecule has 0 radical (unpaired) electrons. The Hall–Kier alpha value is -0.920. The van der Waals surface area contributed by atoms with Crippen LogP contribution in [-0.2, 0) is 20.1 Å². The van der Waals surface area contributed by atoms with Crippen molar-refractivity contribution in [3.63, 3.8) is 0 Å². The van der Waals surface area contributed by atoms with Gasteiger partial charge in [-0.2, -0.15) is 0 Å². The van der Waals surface area contributed by atoms with E-state index in [1.165, 1.54) is 12.1 Å². The third-order valence-electron chi connectivity index (χ3n) is 2.26. The number of alkyl halides is 1. The summed E-state index contributed by atoms with van der Waals surface area (Å²) < 4.78 is 26.1. The third-order valence-corrected chi connectivity index (χ3v) is 4.32. The van der Waals surface area contributed by atoms with Gasteiger partial charge in [0.1, 0.15) is 0 Å². The summed E-state index contributed by atoms with van der Waals surface area (Å²) in [6.45, 7) is 3.36. The number of hydrogen-bond acceptors (Lipinski definition) is 3. The minimum absolute atomic E-state index is 0.0183. The number of sulfonamides is 1. The molecule has 1 rings (SSSR count). The molecule has 1 aromatic carbocycles. The van der Waals surface area contributed by atoms with Crippen molar-refractivity contribution in [2.45, 2.75) is 30.1 Å². The number of carbonyl (C=O) groups excluding carboxylic acids is 1. The van der Waals surface area contributed by atoms with Gasteiger partial charge in [-0.15, -0.1) is 0 Å². The summed E-state index contributed by atoms with van der Waals surface area (Å²) in [6.07, 6.45) is 0. The van der Waals surface area contributed by atoms with E-state index in [9.17, 15) is 13.2 Å². The second-order valence-electron chi connectivity index (χ2n) is 4.32. The molecule has 106 valence electrons. The quantitative estimate of drug-likeness (QED) is 0.762. The average molecular weight is 349 g/mol. The highest BCUT2D eigenvalue weighted by molar-refractivity contribution is 9.08. The average Bonchev–Trinajstić information content (AvgIpc) is 2.36. The topological polar surface area (TPSA) is 75.3 Å². The number of amides is 1. The van der Waals surface area contributed by atoms with Gasteiger partial charge in [0, 0.05) is 11.4 Å². The maximum absolute atomic E-state index is 11.9. The lowest BCUT2D eigenvalue weighted by Crippen LogP contribution is -2.39. The Morgan fingerprint density at radius 1 is 1.26 bits per heavy atom. The van der Waals surface area contributed by atoms with E-state index in [4.69, 9.17) is 0 Å². The molecule has 0 atom stereocenters. The number of carbonyl (C=O) groups is 1. The van der Waals surface area contributed by atoms with Crippen molar-refractivity contribution in [3.05, 3.63) is 29.8 Å². The first-order chi connectivity index (χ1) is 8.85. The van der Waals surface area contributed by atoms with E-state index in [2.05, 4.69) is 26.0 Å². The lowest BCUT2D eigenvalue weighted by atomic mass is 10.2. The molecule has 0 saturated heterocycles. The zero-order valence-corrected chi connectivity index (χ0v) is 13.2. The molecule has 0 heterocycles. The highest BCUT2D eigenvalue weighted by atomic mass is 79.9. The van der Waals surface area contributed by atoms with Gasteiger partial charge in [0.15, 0.2) is 0 Å². The smallest absolute Gasteiger partial charge is 0.241 e.